The molecule has 1 aliphatic rings. The lowest BCUT2D eigenvalue weighted by molar-refractivity contribution is -0.115. The molecule has 0 spiro atoms. The third kappa shape index (κ3) is 3.31. The van der Waals surface area contributed by atoms with Crippen molar-refractivity contribution < 1.29 is 4.79 Å². The molecule has 1 heterocycles. The van der Waals surface area contributed by atoms with Crippen LogP contribution in [0.2, 0.25) is 0 Å². The predicted octanol–water partition coefficient (Wildman–Crippen LogP) is 0.711. The highest BCUT2D eigenvalue weighted by molar-refractivity contribution is 7.07. The summed E-state index contributed by atoms with van der Waals surface area (Å²) < 4.78 is 2.43. The van der Waals surface area contributed by atoms with Gasteiger partial charge in [-0.15, -0.1) is 11.3 Å². The van der Waals surface area contributed by atoms with Crippen LogP contribution in [0.1, 0.15) is 25.3 Å². The molecule has 2 aromatic rings. The van der Waals surface area contributed by atoms with E-state index in [1.54, 1.807) is 6.08 Å². The van der Waals surface area contributed by atoms with E-state index < -0.39 is 5.91 Å². The van der Waals surface area contributed by atoms with E-state index in [1.165, 1.54) is 15.9 Å². The molecule has 0 radical (unpaired) electrons. The zero-order chi connectivity index (χ0) is 17.1. The van der Waals surface area contributed by atoms with E-state index in [2.05, 4.69) is 5.32 Å². The topological polar surface area (TPSA) is 74.9 Å². The van der Waals surface area contributed by atoms with Gasteiger partial charge in [0.05, 0.1) is 4.53 Å². The van der Waals surface area contributed by atoms with Crippen molar-refractivity contribution in [3.63, 3.8) is 0 Å². The van der Waals surface area contributed by atoms with Crippen LogP contribution < -0.4 is 20.1 Å². The number of nitriles is 1. The minimum Gasteiger partial charge on any atom is -0.349 e. The Morgan fingerprint density at radius 1 is 1.42 bits per heavy atom. The molecule has 1 aromatic carbocycles. The second-order valence-corrected chi connectivity index (χ2v) is 6.64. The third-order valence-electron chi connectivity index (χ3n) is 3.79. The number of rotatable bonds is 4. The van der Waals surface area contributed by atoms with E-state index >= 15 is 0 Å². The van der Waals surface area contributed by atoms with Gasteiger partial charge in [0, 0.05) is 12.6 Å². The third-order valence-corrected chi connectivity index (χ3v) is 4.92. The quantitative estimate of drug-likeness (QED) is 0.891. The number of hydrogen-bond donors (Lipinski definition) is 1. The molecule has 1 fully saturated rings. The molecule has 1 N–H and O–H groups in total. The molecule has 3 rings (SSSR count). The summed E-state index contributed by atoms with van der Waals surface area (Å²) >= 11 is 1.19. The first-order valence-electron chi connectivity index (χ1n) is 7.85. The number of thiazole rings is 1. The van der Waals surface area contributed by atoms with Crippen molar-refractivity contribution >= 4 is 28.9 Å². The van der Waals surface area contributed by atoms with Gasteiger partial charge in [0.15, 0.2) is 5.57 Å². The largest absolute Gasteiger partial charge is 0.349 e. The molecule has 1 aliphatic carbocycles. The summed E-state index contributed by atoms with van der Waals surface area (Å²) in [6.07, 6.45) is 3.68. The number of nitrogens with zero attached hydrogens (tertiary/aromatic N) is 2. The standard InChI is InChI=1S/C18H17N3O2S/c1-2-21-17(23)15(10-12-6-4-3-5-7-12)24-18(21)14(11-19)16(22)20-13-8-9-13/h3-7,10,13H,2,8-9H2,1H3,(H,20,22)/b15-10+,18-14-. The smallest absolute Gasteiger partial charge is 0.269 e. The van der Waals surface area contributed by atoms with Gasteiger partial charge in [-0.05, 0) is 31.4 Å². The van der Waals surface area contributed by atoms with E-state index in [-0.39, 0.29) is 17.2 Å². The molecule has 6 heteroatoms. The maximum absolute atomic E-state index is 12.6. The number of nitrogens with one attached hydrogen (secondary N) is 1. The highest BCUT2D eigenvalue weighted by Crippen LogP contribution is 2.19. The highest BCUT2D eigenvalue weighted by Gasteiger charge is 2.25. The molecular formula is C18H17N3O2S. The lowest BCUT2D eigenvalue weighted by Gasteiger charge is -2.01. The Kier molecular flexibility index (Phi) is 4.63. The zero-order valence-electron chi connectivity index (χ0n) is 13.3. The van der Waals surface area contributed by atoms with Crippen LogP contribution in [-0.4, -0.2) is 16.5 Å². The lowest BCUT2D eigenvalue weighted by atomic mass is 10.2. The van der Waals surface area contributed by atoms with Gasteiger partial charge in [-0.25, -0.2) is 0 Å². The normalized spacial score (nSPS) is 15.8. The molecule has 0 atom stereocenters. The Labute approximate surface area is 143 Å². The number of aromatic nitrogens is 1. The molecule has 0 saturated heterocycles. The van der Waals surface area contributed by atoms with Crippen molar-refractivity contribution in [2.24, 2.45) is 0 Å². The number of benzene rings is 1. The van der Waals surface area contributed by atoms with E-state index in [0.29, 0.717) is 15.7 Å². The number of amides is 1. The van der Waals surface area contributed by atoms with Crippen LogP contribution >= 0.6 is 11.3 Å². The molecule has 1 saturated carbocycles. The van der Waals surface area contributed by atoms with Crippen LogP contribution in [0.5, 0.6) is 0 Å². The van der Waals surface area contributed by atoms with Gasteiger partial charge in [0.2, 0.25) is 0 Å². The van der Waals surface area contributed by atoms with Crippen molar-refractivity contribution in [2.45, 2.75) is 32.4 Å². The number of carbonyl (C=O) groups excluding carboxylic acids is 1. The first-order chi connectivity index (χ1) is 11.6. The minimum atomic E-state index is -0.394. The molecule has 24 heavy (non-hydrogen) atoms. The van der Waals surface area contributed by atoms with Gasteiger partial charge in [-0.2, -0.15) is 5.26 Å². The van der Waals surface area contributed by atoms with Crippen molar-refractivity contribution in [1.82, 2.24) is 9.88 Å². The Morgan fingerprint density at radius 2 is 2.12 bits per heavy atom. The Hall–Kier alpha value is -2.65. The summed E-state index contributed by atoms with van der Waals surface area (Å²) in [6, 6.07) is 11.7. The maximum Gasteiger partial charge on any atom is 0.269 e. The summed E-state index contributed by atoms with van der Waals surface area (Å²) in [6.45, 7) is 2.24. The molecule has 5 nitrogen and oxygen atoms in total. The van der Waals surface area contributed by atoms with Gasteiger partial charge in [-0.3, -0.25) is 14.2 Å². The zero-order valence-corrected chi connectivity index (χ0v) is 14.1. The van der Waals surface area contributed by atoms with Crippen LogP contribution in [0.4, 0.5) is 0 Å². The molecule has 0 unspecified atom stereocenters. The predicted molar refractivity (Wildman–Crippen MR) is 93.7 cm³/mol. The monoisotopic (exact) mass is 339 g/mol. The fraction of sp³-hybridized carbons (Fsp3) is 0.278. The highest BCUT2D eigenvalue weighted by atomic mass is 32.1. The summed E-state index contributed by atoms with van der Waals surface area (Å²) in [7, 11) is 0. The average Bonchev–Trinajstić information content (AvgIpc) is 3.34. The van der Waals surface area contributed by atoms with E-state index in [0.717, 1.165) is 18.4 Å². The maximum atomic E-state index is 12.6. The van der Waals surface area contributed by atoms with Crippen molar-refractivity contribution in [3.8, 4) is 6.07 Å². The van der Waals surface area contributed by atoms with E-state index in [9.17, 15) is 14.9 Å². The number of hydrogen-bond acceptors (Lipinski definition) is 4. The molecule has 0 bridgehead atoms. The Morgan fingerprint density at radius 3 is 2.71 bits per heavy atom. The molecular weight excluding hydrogens is 322 g/mol. The van der Waals surface area contributed by atoms with Crippen molar-refractivity contribution in [3.05, 3.63) is 55.4 Å². The lowest BCUT2D eigenvalue weighted by Crippen LogP contribution is -2.35. The van der Waals surface area contributed by atoms with Gasteiger partial charge < -0.3 is 5.32 Å². The second-order valence-electron chi connectivity index (χ2n) is 5.61. The second kappa shape index (κ2) is 6.85. The van der Waals surface area contributed by atoms with Crippen LogP contribution in [0, 0.1) is 11.3 Å². The van der Waals surface area contributed by atoms with Gasteiger partial charge in [-0.1, -0.05) is 30.3 Å². The molecule has 122 valence electrons. The summed E-state index contributed by atoms with van der Waals surface area (Å²) in [5.41, 5.74) is 0.749. The van der Waals surface area contributed by atoms with Crippen LogP contribution in [0.25, 0.3) is 11.6 Å². The fourth-order valence-electron chi connectivity index (χ4n) is 2.37. The molecule has 1 aromatic heterocycles. The average molecular weight is 339 g/mol. The first-order valence-corrected chi connectivity index (χ1v) is 8.67. The van der Waals surface area contributed by atoms with Crippen molar-refractivity contribution in [1.29, 1.82) is 5.26 Å². The van der Waals surface area contributed by atoms with E-state index in [1.807, 2.05) is 43.3 Å². The van der Waals surface area contributed by atoms with Crippen LogP contribution in [0.3, 0.4) is 0 Å². The van der Waals surface area contributed by atoms with Gasteiger partial charge >= 0.3 is 0 Å². The minimum absolute atomic E-state index is 0.0126. The SMILES string of the molecule is CCn1c(=O)/c(=C\c2ccccc2)s/c1=C(/C#N)C(=O)NC1CC1. The first kappa shape index (κ1) is 16.2. The molecule has 1 amide bonds. The van der Waals surface area contributed by atoms with Crippen LogP contribution in [-0.2, 0) is 11.3 Å². The fourth-order valence-corrected chi connectivity index (χ4v) is 3.54. The Balaban J connectivity index is 2.18. The van der Waals surface area contributed by atoms with Crippen molar-refractivity contribution in [2.75, 3.05) is 0 Å². The summed E-state index contributed by atoms with van der Waals surface area (Å²) in [4.78, 5) is 24.9. The Bertz CT molecular complexity index is 976. The molecule has 0 aliphatic heterocycles. The number of carbonyl (C=O) groups is 1. The van der Waals surface area contributed by atoms with Gasteiger partial charge in [0.25, 0.3) is 11.5 Å². The van der Waals surface area contributed by atoms with Gasteiger partial charge in [0.1, 0.15) is 10.7 Å². The summed E-state index contributed by atoms with van der Waals surface area (Å²) in [5, 5.41) is 12.2. The summed E-state index contributed by atoms with van der Waals surface area (Å²) in [5.74, 6) is -0.394. The van der Waals surface area contributed by atoms with Crippen LogP contribution in [0.15, 0.2) is 35.1 Å². The van der Waals surface area contributed by atoms with E-state index in [4.69, 9.17) is 0 Å².